The van der Waals surface area contributed by atoms with Crippen LogP contribution in [0.2, 0.25) is 0 Å². The maximum Gasteiger partial charge on any atom is 0.0998 e. The van der Waals surface area contributed by atoms with Crippen molar-refractivity contribution >= 4 is 112 Å². The quantitative estimate of drug-likeness (QED) is 0.0905. The van der Waals surface area contributed by atoms with E-state index in [-0.39, 0.29) is 0 Å². The fraction of sp³-hybridized carbons (Fsp3) is 0. The van der Waals surface area contributed by atoms with Crippen LogP contribution in [0, 0.1) is 22.7 Å². The summed E-state index contributed by atoms with van der Waals surface area (Å²) in [5.41, 5.74) is 24.4. The predicted molar refractivity (Wildman–Crippen MR) is 440 cm³/mol. The zero-order chi connectivity index (χ0) is 70.9. The van der Waals surface area contributed by atoms with Crippen molar-refractivity contribution in [1.82, 2.24) is 9.13 Å². The zero-order valence-electron chi connectivity index (χ0n) is 57.7. The Morgan fingerprint density at radius 3 is 0.811 bits per heavy atom. The number of nitriles is 2. The largest absolute Gasteiger partial charge is 0.310 e. The normalized spacial score (nSPS) is 11.2. The summed E-state index contributed by atoms with van der Waals surface area (Å²) in [6.07, 6.45) is 0. The van der Waals surface area contributed by atoms with E-state index in [9.17, 15) is 10.5 Å². The van der Waals surface area contributed by atoms with Crippen molar-refractivity contribution in [1.29, 1.82) is 10.5 Å². The van der Waals surface area contributed by atoms with Gasteiger partial charge in [0.1, 0.15) is 0 Å². The van der Waals surface area contributed by atoms with E-state index in [4.69, 9.17) is 0 Å². The molecular formula is C98H66N8. The van der Waals surface area contributed by atoms with Gasteiger partial charge in [-0.15, -0.1) is 0 Å². The minimum absolute atomic E-state index is 0.535. The fourth-order valence-corrected chi connectivity index (χ4v) is 15.4. The van der Waals surface area contributed by atoms with Crippen molar-refractivity contribution in [2.24, 2.45) is 0 Å². The highest BCUT2D eigenvalue weighted by Gasteiger charge is 2.27. The Morgan fingerprint density at radius 2 is 0.481 bits per heavy atom. The van der Waals surface area contributed by atoms with Gasteiger partial charge in [-0.05, 0) is 222 Å². The van der Waals surface area contributed by atoms with Crippen LogP contribution in [0.3, 0.4) is 0 Å². The van der Waals surface area contributed by atoms with Crippen molar-refractivity contribution in [2.75, 3.05) is 19.6 Å². The number of hydrogen-bond acceptors (Lipinski definition) is 6. The first-order valence-electron chi connectivity index (χ1n) is 35.6. The molecule has 106 heavy (non-hydrogen) atoms. The Bertz CT molecular complexity index is 5910. The molecule has 0 spiro atoms. The molecule has 0 saturated heterocycles. The molecule has 0 atom stereocenters. The molecule has 8 nitrogen and oxygen atoms in total. The van der Waals surface area contributed by atoms with Crippen LogP contribution < -0.4 is 19.6 Å². The van der Waals surface area contributed by atoms with Gasteiger partial charge in [0.25, 0.3) is 0 Å². The van der Waals surface area contributed by atoms with Crippen LogP contribution in [-0.4, -0.2) is 9.13 Å². The van der Waals surface area contributed by atoms with Crippen LogP contribution in [0.15, 0.2) is 400 Å². The number of fused-ring (bicyclic) bond motifs is 6. The molecule has 0 aliphatic heterocycles. The van der Waals surface area contributed by atoms with Gasteiger partial charge in [0, 0.05) is 107 Å². The molecule has 18 rings (SSSR count). The topological polar surface area (TPSA) is 70.4 Å². The highest BCUT2D eigenvalue weighted by atomic mass is 15.2. The molecule has 0 saturated carbocycles. The molecule has 2 heterocycles. The predicted octanol–water partition coefficient (Wildman–Crippen LogP) is 26.5. The van der Waals surface area contributed by atoms with E-state index in [0.717, 1.165) is 157 Å². The van der Waals surface area contributed by atoms with Gasteiger partial charge >= 0.3 is 0 Å². The summed E-state index contributed by atoms with van der Waals surface area (Å²) in [5, 5.41) is 25.9. The summed E-state index contributed by atoms with van der Waals surface area (Å²) >= 11 is 0. The number of nitrogens with zero attached hydrogens (tertiary/aromatic N) is 8. The van der Waals surface area contributed by atoms with Crippen LogP contribution in [0.1, 0.15) is 11.1 Å². The minimum Gasteiger partial charge on any atom is -0.310 e. The average Bonchev–Trinajstić information content (AvgIpc) is 1.49. The second-order valence-electron chi connectivity index (χ2n) is 26.3. The van der Waals surface area contributed by atoms with Gasteiger partial charge in [-0.1, -0.05) is 200 Å². The highest BCUT2D eigenvalue weighted by Crippen LogP contribution is 2.49. The lowest BCUT2D eigenvalue weighted by molar-refractivity contribution is 1.13. The summed E-state index contributed by atoms with van der Waals surface area (Å²) in [7, 11) is 0. The van der Waals surface area contributed by atoms with Crippen LogP contribution in [0.4, 0.5) is 68.2 Å². The van der Waals surface area contributed by atoms with Gasteiger partial charge in [-0.2, -0.15) is 10.5 Å². The first-order valence-corrected chi connectivity index (χ1v) is 35.6. The molecule has 498 valence electrons. The van der Waals surface area contributed by atoms with E-state index < -0.39 is 0 Å². The Hall–Kier alpha value is -14.7. The standard InChI is InChI=1S/C98H66N8/c99-67-70-29-25-27-47-85(70)69-49-55-87(89(61-69)86-48-28-26-30-71(86)68-100)88-56-50-84(105-94-57-51-80(101(72-31-9-1-10-32-72)73-33-11-2-12-34-73)62-90(94)91-63-81(52-58-95(91)105)102(74-35-13-3-14-36-74)75-37-15-4-16-38-75)66-98(88)106-96-59-53-82(103(76-39-17-5-18-40-76)77-41-19-6-20-42-77)64-92(96)93-65-83(54-60-97(93)106)104(78-43-21-7-22-44-78)79-45-23-8-24-46-79/h1-66H. The molecule has 0 unspecified atom stereocenters. The molecule has 16 aromatic carbocycles. The van der Waals surface area contributed by atoms with Gasteiger partial charge in [0.05, 0.1) is 51.0 Å². The molecule has 0 radical (unpaired) electrons. The summed E-state index contributed by atoms with van der Waals surface area (Å²) in [4.78, 5) is 9.34. The third kappa shape index (κ3) is 11.6. The van der Waals surface area contributed by atoms with E-state index >= 15 is 0 Å². The third-order valence-corrected chi connectivity index (χ3v) is 20.1. The summed E-state index contributed by atoms with van der Waals surface area (Å²) < 4.78 is 4.89. The van der Waals surface area contributed by atoms with Crippen molar-refractivity contribution < 1.29 is 0 Å². The molecule has 0 aliphatic rings. The van der Waals surface area contributed by atoms with E-state index in [1.54, 1.807) is 0 Å². The second-order valence-corrected chi connectivity index (χ2v) is 26.3. The van der Waals surface area contributed by atoms with Crippen LogP contribution in [0.25, 0.3) is 88.4 Å². The number of benzene rings is 16. The lowest BCUT2D eigenvalue weighted by Crippen LogP contribution is -2.09. The first-order chi connectivity index (χ1) is 52.5. The molecule has 0 aliphatic carbocycles. The highest BCUT2D eigenvalue weighted by molar-refractivity contribution is 6.15. The van der Waals surface area contributed by atoms with Gasteiger partial charge in [0.15, 0.2) is 0 Å². The third-order valence-electron chi connectivity index (χ3n) is 20.1. The van der Waals surface area contributed by atoms with Crippen molar-refractivity contribution in [3.63, 3.8) is 0 Å². The van der Waals surface area contributed by atoms with Crippen molar-refractivity contribution in [3.05, 3.63) is 412 Å². The SMILES string of the molecule is N#Cc1ccccc1-c1ccc(-c2ccc(-n3c4ccc(N(c5ccccc5)c5ccccc5)cc4c4cc(N(c5ccccc5)c5ccccc5)ccc43)cc2-n2c3ccc(N(c4ccccc4)c4ccccc4)cc3c3cc(N(c4ccccc4)c4ccccc4)ccc32)c(-c2ccccc2C#N)c1. The van der Waals surface area contributed by atoms with Crippen molar-refractivity contribution in [2.45, 2.75) is 0 Å². The maximum absolute atomic E-state index is 11.1. The van der Waals surface area contributed by atoms with Crippen LogP contribution in [-0.2, 0) is 0 Å². The lowest BCUT2D eigenvalue weighted by atomic mass is 9.87. The monoisotopic (exact) mass is 1350 g/mol. The van der Waals surface area contributed by atoms with E-state index in [1.807, 2.05) is 48.5 Å². The minimum atomic E-state index is 0.535. The summed E-state index contributed by atoms with van der Waals surface area (Å²) in [5.74, 6) is 0. The zero-order valence-corrected chi connectivity index (χ0v) is 57.7. The first kappa shape index (κ1) is 63.5. The van der Waals surface area contributed by atoms with E-state index in [0.29, 0.717) is 11.1 Å². The second kappa shape index (κ2) is 27.7. The molecule has 0 amide bonds. The van der Waals surface area contributed by atoms with Gasteiger partial charge in [-0.3, -0.25) is 0 Å². The van der Waals surface area contributed by atoms with Gasteiger partial charge in [0.2, 0.25) is 0 Å². The molecule has 8 heteroatoms. The van der Waals surface area contributed by atoms with Crippen LogP contribution >= 0.6 is 0 Å². The Morgan fingerprint density at radius 1 is 0.198 bits per heavy atom. The van der Waals surface area contributed by atoms with Gasteiger partial charge < -0.3 is 28.7 Å². The number of anilines is 12. The van der Waals surface area contributed by atoms with Gasteiger partial charge in [-0.25, -0.2) is 0 Å². The average molecular weight is 1360 g/mol. The van der Waals surface area contributed by atoms with Crippen LogP contribution in [0.5, 0.6) is 0 Å². The summed E-state index contributed by atoms with van der Waals surface area (Å²) in [6, 6.07) is 146. The Balaban J connectivity index is 0.949. The molecule has 0 fully saturated rings. The maximum atomic E-state index is 11.1. The Kier molecular flexibility index (Phi) is 16.6. The number of rotatable bonds is 17. The summed E-state index contributed by atoms with van der Waals surface area (Å²) in [6.45, 7) is 0. The number of aromatic nitrogens is 2. The lowest BCUT2D eigenvalue weighted by Gasteiger charge is -2.26. The molecular weight excluding hydrogens is 1290 g/mol. The number of para-hydroxylation sites is 8. The van der Waals surface area contributed by atoms with Crippen molar-refractivity contribution in [3.8, 4) is 56.9 Å². The smallest absolute Gasteiger partial charge is 0.0998 e. The molecule has 0 N–H and O–H groups in total. The molecule has 2 aromatic heterocycles. The number of hydrogen-bond donors (Lipinski definition) is 0. The molecule has 18 aromatic rings. The fourth-order valence-electron chi connectivity index (χ4n) is 15.4. The molecule has 0 bridgehead atoms. The van der Waals surface area contributed by atoms with E-state index in [1.165, 1.54) is 0 Å². The van der Waals surface area contributed by atoms with E-state index in [2.05, 4.69) is 393 Å². The Labute approximate surface area is 615 Å².